The van der Waals surface area contributed by atoms with E-state index >= 15 is 0 Å². The fraction of sp³-hybridized carbons (Fsp3) is 0.333. The molecule has 0 amide bonds. The van der Waals surface area contributed by atoms with Gasteiger partial charge < -0.3 is 15.5 Å². The number of hydrogen-bond donors (Lipinski definition) is 3. The topological polar surface area (TPSA) is 52.5 Å². The third-order valence-electron chi connectivity index (χ3n) is 3.58. The first-order chi connectivity index (χ1) is 10.3. The van der Waals surface area contributed by atoms with Crippen LogP contribution in [0.25, 0.3) is 0 Å². The zero-order chi connectivity index (χ0) is 16.4. The van der Waals surface area contributed by atoms with E-state index in [4.69, 9.17) is 0 Å². The second-order valence-electron chi connectivity index (χ2n) is 5.87. The third kappa shape index (κ3) is 3.33. The summed E-state index contributed by atoms with van der Waals surface area (Å²) in [4.78, 5) is 1.51. The summed E-state index contributed by atoms with van der Waals surface area (Å²) in [5.41, 5.74) is 3.79. The number of anilines is 1. The summed E-state index contributed by atoms with van der Waals surface area (Å²) >= 11 is 1.39. The molecule has 2 aromatic carbocycles. The first-order valence-corrected chi connectivity index (χ1v) is 8.17. The van der Waals surface area contributed by atoms with Gasteiger partial charge in [-0.2, -0.15) is 0 Å². The van der Waals surface area contributed by atoms with Gasteiger partial charge in [0.25, 0.3) is 0 Å². The molecule has 0 aliphatic rings. The average Bonchev–Trinajstić information content (AvgIpc) is 2.45. The number of hydrogen-bond acceptors (Lipinski definition) is 4. The molecule has 0 heterocycles. The first kappa shape index (κ1) is 16.6. The number of aromatic hydroxyl groups is 2. The maximum absolute atomic E-state index is 10.5. The number of phenolic OH excluding ortho intramolecular Hbond substituents is 2. The Balaban J connectivity index is 2.50. The zero-order valence-electron chi connectivity index (χ0n) is 13.7. The Hall–Kier alpha value is -1.81. The molecule has 3 nitrogen and oxygen atoms in total. The lowest BCUT2D eigenvalue weighted by Gasteiger charge is -2.15. The van der Waals surface area contributed by atoms with E-state index in [9.17, 15) is 10.2 Å². The number of aryl methyl sites for hydroxylation is 2. The predicted octanol–water partition coefficient (Wildman–Crippen LogP) is 5.03. The molecule has 3 N–H and O–H groups in total. The largest absolute Gasteiger partial charge is 0.506 e. The summed E-state index contributed by atoms with van der Waals surface area (Å²) in [6.45, 7) is 8.13. The molecule has 0 aromatic heterocycles. The Morgan fingerprint density at radius 3 is 2.00 bits per heavy atom. The highest BCUT2D eigenvalue weighted by Gasteiger charge is 2.16. The van der Waals surface area contributed by atoms with Crippen molar-refractivity contribution in [3.8, 4) is 11.5 Å². The summed E-state index contributed by atoms with van der Waals surface area (Å²) in [6.07, 6.45) is 0. The molecule has 2 aromatic rings. The van der Waals surface area contributed by atoms with Crippen LogP contribution in [0.4, 0.5) is 5.69 Å². The highest BCUT2D eigenvalue weighted by atomic mass is 32.2. The van der Waals surface area contributed by atoms with Crippen LogP contribution in [0.15, 0.2) is 34.1 Å². The van der Waals surface area contributed by atoms with Crippen molar-refractivity contribution in [3.05, 3.63) is 41.0 Å². The molecule has 0 radical (unpaired) electrons. The van der Waals surface area contributed by atoms with Crippen molar-refractivity contribution < 1.29 is 10.2 Å². The van der Waals surface area contributed by atoms with Crippen LogP contribution >= 0.6 is 11.8 Å². The van der Waals surface area contributed by atoms with Gasteiger partial charge in [-0.15, -0.1) is 0 Å². The van der Waals surface area contributed by atoms with E-state index in [0.29, 0.717) is 11.4 Å². The summed E-state index contributed by atoms with van der Waals surface area (Å²) in [6, 6.07) is 7.79. The fourth-order valence-corrected chi connectivity index (χ4v) is 3.57. The fourth-order valence-electron chi connectivity index (χ4n) is 2.42. The van der Waals surface area contributed by atoms with Gasteiger partial charge in [0.15, 0.2) is 5.75 Å². The van der Waals surface area contributed by atoms with E-state index in [2.05, 4.69) is 19.2 Å². The molecule has 0 aliphatic carbocycles. The van der Waals surface area contributed by atoms with E-state index in [1.165, 1.54) is 11.8 Å². The second kappa shape index (κ2) is 6.53. The molecule has 118 valence electrons. The molecule has 4 heteroatoms. The number of phenols is 2. The van der Waals surface area contributed by atoms with Crippen molar-refractivity contribution in [2.45, 2.75) is 43.4 Å². The Bertz CT molecular complexity index is 696. The molecule has 0 unspecified atom stereocenters. The molecule has 22 heavy (non-hydrogen) atoms. The zero-order valence-corrected chi connectivity index (χ0v) is 14.5. The lowest BCUT2D eigenvalue weighted by atomic mass is 10.00. The van der Waals surface area contributed by atoms with Gasteiger partial charge in [-0.3, -0.25) is 0 Å². The Kier molecular flexibility index (Phi) is 4.91. The van der Waals surface area contributed by atoms with Crippen molar-refractivity contribution in [2.24, 2.45) is 0 Å². The first-order valence-electron chi connectivity index (χ1n) is 7.36. The summed E-state index contributed by atoms with van der Waals surface area (Å²) in [5.74, 6) is 0.765. The second-order valence-corrected chi connectivity index (χ2v) is 6.95. The molecule has 0 fully saturated rings. The van der Waals surface area contributed by atoms with Gasteiger partial charge >= 0.3 is 0 Å². The minimum Gasteiger partial charge on any atom is -0.506 e. The van der Waals surface area contributed by atoms with Gasteiger partial charge in [0.05, 0.1) is 15.5 Å². The van der Waals surface area contributed by atoms with Crippen LogP contribution in [0, 0.1) is 13.8 Å². The Morgan fingerprint density at radius 2 is 1.45 bits per heavy atom. The van der Waals surface area contributed by atoms with E-state index < -0.39 is 0 Å². The molecule has 0 spiro atoms. The molecular weight excluding hydrogens is 294 g/mol. The minimum absolute atomic E-state index is 0.213. The van der Waals surface area contributed by atoms with Crippen LogP contribution in [0.3, 0.4) is 0 Å². The summed E-state index contributed by atoms with van der Waals surface area (Å²) in [7, 11) is 1.78. The van der Waals surface area contributed by atoms with Crippen molar-refractivity contribution in [1.29, 1.82) is 0 Å². The highest BCUT2D eigenvalue weighted by molar-refractivity contribution is 7.99. The van der Waals surface area contributed by atoms with Gasteiger partial charge in [-0.25, -0.2) is 0 Å². The molecule has 0 atom stereocenters. The van der Waals surface area contributed by atoms with Crippen LogP contribution in [-0.2, 0) is 0 Å². The maximum Gasteiger partial charge on any atom is 0.152 e. The van der Waals surface area contributed by atoms with Crippen LogP contribution < -0.4 is 5.32 Å². The number of rotatable bonds is 4. The van der Waals surface area contributed by atoms with Gasteiger partial charge in [0, 0.05) is 7.05 Å². The van der Waals surface area contributed by atoms with Crippen molar-refractivity contribution in [3.63, 3.8) is 0 Å². The van der Waals surface area contributed by atoms with Crippen LogP contribution in [-0.4, -0.2) is 17.3 Å². The molecule has 2 rings (SSSR count). The standard InChI is InChI=1S/C18H23NO2S/c1-10(2)13-6-11(3)8-15(17(13)20)22-16-9-12(4)7-14(19-5)18(16)21/h6-10,19-21H,1-5H3. The van der Waals surface area contributed by atoms with E-state index in [1.54, 1.807) is 7.05 Å². The van der Waals surface area contributed by atoms with Gasteiger partial charge in [0.2, 0.25) is 0 Å². The normalized spacial score (nSPS) is 11.0. The predicted molar refractivity (Wildman–Crippen MR) is 93.4 cm³/mol. The molecule has 0 saturated carbocycles. The van der Waals surface area contributed by atoms with Crippen LogP contribution in [0.5, 0.6) is 11.5 Å². The van der Waals surface area contributed by atoms with Gasteiger partial charge in [0.1, 0.15) is 5.75 Å². The van der Waals surface area contributed by atoms with Crippen LogP contribution in [0.1, 0.15) is 36.5 Å². The summed E-state index contributed by atoms with van der Waals surface area (Å²) in [5, 5.41) is 23.9. The van der Waals surface area contributed by atoms with E-state index in [1.807, 2.05) is 38.1 Å². The summed E-state index contributed by atoms with van der Waals surface area (Å²) < 4.78 is 0. The minimum atomic E-state index is 0.213. The third-order valence-corrected chi connectivity index (χ3v) is 4.64. The van der Waals surface area contributed by atoms with Crippen molar-refractivity contribution in [2.75, 3.05) is 12.4 Å². The monoisotopic (exact) mass is 317 g/mol. The molecule has 0 aliphatic heterocycles. The quantitative estimate of drug-likeness (QED) is 0.692. The Morgan fingerprint density at radius 1 is 0.909 bits per heavy atom. The number of nitrogens with one attached hydrogen (secondary N) is 1. The van der Waals surface area contributed by atoms with E-state index in [-0.39, 0.29) is 11.7 Å². The van der Waals surface area contributed by atoms with E-state index in [0.717, 1.165) is 26.5 Å². The highest BCUT2D eigenvalue weighted by Crippen LogP contribution is 2.44. The van der Waals surface area contributed by atoms with Crippen LogP contribution in [0.2, 0.25) is 0 Å². The molecule has 0 saturated heterocycles. The SMILES string of the molecule is CNc1cc(C)cc(Sc2cc(C)cc(C(C)C)c2O)c1O. The smallest absolute Gasteiger partial charge is 0.152 e. The average molecular weight is 317 g/mol. The van der Waals surface area contributed by atoms with Gasteiger partial charge in [-0.05, 0) is 54.7 Å². The van der Waals surface area contributed by atoms with Crippen molar-refractivity contribution in [1.82, 2.24) is 0 Å². The lowest BCUT2D eigenvalue weighted by molar-refractivity contribution is 0.451. The Labute approximate surface area is 136 Å². The van der Waals surface area contributed by atoms with Gasteiger partial charge in [-0.1, -0.05) is 31.7 Å². The maximum atomic E-state index is 10.5. The lowest BCUT2D eigenvalue weighted by Crippen LogP contribution is -1.93. The molecule has 0 bridgehead atoms. The van der Waals surface area contributed by atoms with Crippen molar-refractivity contribution >= 4 is 17.4 Å². The number of benzene rings is 2. The molecular formula is C18H23NO2S.